The molecule has 1 aliphatic rings. The Bertz CT molecular complexity index is 636. The van der Waals surface area contributed by atoms with E-state index in [0.29, 0.717) is 16.6 Å². The van der Waals surface area contributed by atoms with E-state index in [-0.39, 0.29) is 5.91 Å². The Labute approximate surface area is 127 Å². The van der Waals surface area contributed by atoms with Crippen LogP contribution in [0.25, 0.3) is 0 Å². The molecule has 0 aliphatic heterocycles. The summed E-state index contributed by atoms with van der Waals surface area (Å²) < 4.78 is 0. The summed E-state index contributed by atoms with van der Waals surface area (Å²) in [5.74, 6) is 0.460. The van der Waals surface area contributed by atoms with Crippen LogP contribution in [0.5, 0.6) is 0 Å². The monoisotopic (exact) mass is 302 g/mol. The van der Waals surface area contributed by atoms with Gasteiger partial charge in [-0.2, -0.15) is 0 Å². The zero-order valence-electron chi connectivity index (χ0n) is 11.9. The quantitative estimate of drug-likeness (QED) is 0.857. The highest BCUT2D eigenvalue weighted by atomic mass is 32.1. The highest BCUT2D eigenvalue weighted by Gasteiger charge is 2.26. The zero-order valence-corrected chi connectivity index (χ0v) is 12.7. The maximum Gasteiger partial charge on any atom is 0.259 e. The first-order chi connectivity index (χ1) is 10.3. The number of hydrogen-bond acceptors (Lipinski definition) is 5. The van der Waals surface area contributed by atoms with Gasteiger partial charge in [-0.05, 0) is 25.3 Å². The van der Waals surface area contributed by atoms with E-state index in [1.54, 1.807) is 18.5 Å². The van der Waals surface area contributed by atoms with E-state index in [1.807, 2.05) is 5.38 Å². The lowest BCUT2D eigenvalue weighted by atomic mass is 10.2. The normalized spacial score (nSPS) is 14.0. The van der Waals surface area contributed by atoms with E-state index in [9.17, 15) is 4.79 Å². The molecule has 0 aromatic carbocycles. The van der Waals surface area contributed by atoms with Gasteiger partial charge in [-0.25, -0.2) is 4.98 Å². The Morgan fingerprint density at radius 1 is 1.48 bits per heavy atom. The van der Waals surface area contributed by atoms with E-state index >= 15 is 0 Å². The molecule has 110 valence electrons. The molecule has 2 aromatic rings. The molecule has 2 aromatic heterocycles. The van der Waals surface area contributed by atoms with Gasteiger partial charge in [0.1, 0.15) is 0 Å². The van der Waals surface area contributed by atoms with Gasteiger partial charge in [0.25, 0.3) is 5.91 Å². The SMILES string of the molecule is CCCNc1cnccc1C(=O)Nc1nc(C2CC2)cs1. The summed E-state index contributed by atoms with van der Waals surface area (Å²) in [6.07, 6.45) is 6.73. The first-order valence-corrected chi connectivity index (χ1v) is 8.10. The van der Waals surface area contributed by atoms with E-state index in [1.165, 1.54) is 24.2 Å². The summed E-state index contributed by atoms with van der Waals surface area (Å²) >= 11 is 1.49. The van der Waals surface area contributed by atoms with Crippen molar-refractivity contribution in [3.63, 3.8) is 0 Å². The number of hydrogen-bond donors (Lipinski definition) is 2. The third-order valence-electron chi connectivity index (χ3n) is 3.37. The molecule has 3 rings (SSSR count). The van der Waals surface area contributed by atoms with Crippen molar-refractivity contribution < 1.29 is 4.79 Å². The second-order valence-corrected chi connectivity index (χ2v) is 6.01. The van der Waals surface area contributed by atoms with Gasteiger partial charge >= 0.3 is 0 Å². The molecule has 21 heavy (non-hydrogen) atoms. The van der Waals surface area contributed by atoms with E-state index in [2.05, 4.69) is 27.5 Å². The minimum Gasteiger partial charge on any atom is -0.383 e. The van der Waals surface area contributed by atoms with Crippen LogP contribution in [0, 0.1) is 0 Å². The molecule has 1 amide bonds. The minimum atomic E-state index is -0.146. The molecule has 1 fully saturated rings. The highest BCUT2D eigenvalue weighted by Crippen LogP contribution is 2.40. The molecule has 5 nitrogen and oxygen atoms in total. The zero-order chi connectivity index (χ0) is 14.7. The molecule has 1 saturated carbocycles. The van der Waals surface area contributed by atoms with Crippen LogP contribution < -0.4 is 10.6 Å². The smallest absolute Gasteiger partial charge is 0.259 e. The molecule has 0 spiro atoms. The minimum absolute atomic E-state index is 0.146. The van der Waals surface area contributed by atoms with E-state index in [4.69, 9.17) is 0 Å². The lowest BCUT2D eigenvalue weighted by molar-refractivity contribution is 0.102. The fraction of sp³-hybridized carbons (Fsp3) is 0.400. The maximum absolute atomic E-state index is 12.4. The highest BCUT2D eigenvalue weighted by molar-refractivity contribution is 7.14. The van der Waals surface area contributed by atoms with Crippen LogP contribution in [0.2, 0.25) is 0 Å². The lowest BCUT2D eigenvalue weighted by Gasteiger charge is -2.09. The van der Waals surface area contributed by atoms with E-state index in [0.717, 1.165) is 24.3 Å². The third-order valence-corrected chi connectivity index (χ3v) is 4.15. The van der Waals surface area contributed by atoms with Crippen LogP contribution >= 0.6 is 11.3 Å². The van der Waals surface area contributed by atoms with Crippen LogP contribution in [0.3, 0.4) is 0 Å². The fourth-order valence-corrected chi connectivity index (χ4v) is 2.85. The molecular formula is C15H18N4OS. The van der Waals surface area contributed by atoms with Crippen molar-refractivity contribution in [1.82, 2.24) is 9.97 Å². The Hall–Kier alpha value is -1.95. The van der Waals surface area contributed by atoms with Gasteiger partial charge in [0.15, 0.2) is 5.13 Å². The molecule has 0 atom stereocenters. The molecule has 2 N–H and O–H groups in total. The standard InChI is InChI=1S/C15H18N4OS/c1-2-6-17-12-8-16-7-5-11(12)14(20)19-15-18-13(9-21-15)10-3-4-10/h5,7-10,17H,2-4,6H2,1H3,(H,18,19,20). The summed E-state index contributed by atoms with van der Waals surface area (Å²) in [7, 11) is 0. The summed E-state index contributed by atoms with van der Waals surface area (Å²) in [6, 6.07) is 1.72. The number of rotatable bonds is 6. The van der Waals surface area contributed by atoms with Crippen molar-refractivity contribution in [1.29, 1.82) is 0 Å². The topological polar surface area (TPSA) is 66.9 Å². The number of aromatic nitrogens is 2. The summed E-state index contributed by atoms with van der Waals surface area (Å²) in [4.78, 5) is 20.9. The number of nitrogens with one attached hydrogen (secondary N) is 2. The average molecular weight is 302 g/mol. The Morgan fingerprint density at radius 2 is 2.33 bits per heavy atom. The molecule has 0 bridgehead atoms. The van der Waals surface area contributed by atoms with Crippen LogP contribution in [-0.4, -0.2) is 22.4 Å². The first-order valence-electron chi connectivity index (χ1n) is 7.22. The van der Waals surface area contributed by atoms with Crippen LogP contribution in [-0.2, 0) is 0 Å². The molecule has 1 aliphatic carbocycles. The second kappa shape index (κ2) is 6.22. The fourth-order valence-electron chi connectivity index (χ4n) is 2.07. The Balaban J connectivity index is 1.71. The largest absolute Gasteiger partial charge is 0.383 e. The van der Waals surface area contributed by atoms with Crippen molar-refractivity contribution in [3.8, 4) is 0 Å². The van der Waals surface area contributed by atoms with Gasteiger partial charge < -0.3 is 5.32 Å². The van der Waals surface area contributed by atoms with Crippen molar-refractivity contribution in [3.05, 3.63) is 35.1 Å². The molecule has 2 heterocycles. The summed E-state index contributed by atoms with van der Waals surface area (Å²) in [5.41, 5.74) is 2.46. The number of carbonyl (C=O) groups excluding carboxylic acids is 1. The van der Waals surface area contributed by atoms with Crippen molar-refractivity contribution >= 4 is 28.1 Å². The van der Waals surface area contributed by atoms with Gasteiger partial charge in [-0.15, -0.1) is 11.3 Å². The first kappa shape index (κ1) is 14.0. The van der Waals surface area contributed by atoms with Crippen molar-refractivity contribution in [2.75, 3.05) is 17.2 Å². The van der Waals surface area contributed by atoms with Crippen LogP contribution in [0.1, 0.15) is 48.2 Å². The predicted molar refractivity (Wildman–Crippen MR) is 85.1 cm³/mol. The molecule has 0 radical (unpaired) electrons. The number of thiazole rings is 1. The molecule has 0 saturated heterocycles. The predicted octanol–water partition coefficient (Wildman–Crippen LogP) is 3.49. The maximum atomic E-state index is 12.4. The van der Waals surface area contributed by atoms with Crippen molar-refractivity contribution in [2.24, 2.45) is 0 Å². The molecular weight excluding hydrogens is 284 g/mol. The van der Waals surface area contributed by atoms with Gasteiger partial charge in [0, 0.05) is 24.0 Å². The summed E-state index contributed by atoms with van der Waals surface area (Å²) in [5, 5.41) is 8.81. The van der Waals surface area contributed by atoms with Gasteiger partial charge in [-0.3, -0.25) is 15.1 Å². The second-order valence-electron chi connectivity index (χ2n) is 5.15. The van der Waals surface area contributed by atoms with Gasteiger partial charge in [0.2, 0.25) is 0 Å². The number of pyridine rings is 1. The Kier molecular flexibility index (Phi) is 4.15. The number of anilines is 2. The van der Waals surface area contributed by atoms with Gasteiger partial charge in [-0.1, -0.05) is 6.92 Å². The Morgan fingerprint density at radius 3 is 3.10 bits per heavy atom. The molecule has 6 heteroatoms. The van der Waals surface area contributed by atoms with Gasteiger partial charge in [0.05, 0.1) is 23.1 Å². The number of amides is 1. The number of nitrogens with zero attached hydrogens (tertiary/aromatic N) is 2. The summed E-state index contributed by atoms with van der Waals surface area (Å²) in [6.45, 7) is 2.90. The lowest BCUT2D eigenvalue weighted by Crippen LogP contribution is -2.15. The number of carbonyl (C=O) groups is 1. The average Bonchev–Trinajstić information content (AvgIpc) is 3.26. The molecule has 0 unspecified atom stereocenters. The van der Waals surface area contributed by atoms with E-state index < -0.39 is 0 Å². The van der Waals surface area contributed by atoms with Crippen molar-refractivity contribution in [2.45, 2.75) is 32.1 Å². The third kappa shape index (κ3) is 3.39. The van der Waals surface area contributed by atoms with Crippen LogP contribution in [0.15, 0.2) is 23.8 Å². The van der Waals surface area contributed by atoms with Crippen LogP contribution in [0.4, 0.5) is 10.8 Å².